The number of hydrogen-bond acceptors (Lipinski definition) is 3. The molecule has 3 aliphatic rings. The molecule has 1 aliphatic heterocycles. The van der Waals surface area contributed by atoms with E-state index < -0.39 is 0 Å². The minimum absolute atomic E-state index is 0.285. The van der Waals surface area contributed by atoms with Crippen molar-refractivity contribution in [3.8, 4) is 0 Å². The van der Waals surface area contributed by atoms with Gasteiger partial charge in [0.25, 0.3) is 0 Å². The maximum Gasteiger partial charge on any atom is 0.191 e. The average molecular weight is 281 g/mol. The lowest BCUT2D eigenvalue weighted by molar-refractivity contribution is -0.119. The van der Waals surface area contributed by atoms with Gasteiger partial charge in [-0.1, -0.05) is 12.8 Å². The van der Waals surface area contributed by atoms with Crippen LogP contribution in [0.4, 0.5) is 0 Å². The maximum absolute atomic E-state index is 6.21. The van der Waals surface area contributed by atoms with Gasteiger partial charge in [0, 0.05) is 25.1 Å². The van der Waals surface area contributed by atoms with Crippen LogP contribution in [0.25, 0.3) is 0 Å². The van der Waals surface area contributed by atoms with E-state index in [1.807, 2.05) is 0 Å². The Hall–Kier alpha value is -0.810. The lowest BCUT2D eigenvalue weighted by Gasteiger charge is -2.52. The third-order valence-electron chi connectivity index (χ3n) is 5.27. The molecule has 2 atom stereocenters. The van der Waals surface area contributed by atoms with E-state index in [4.69, 9.17) is 20.2 Å². The van der Waals surface area contributed by atoms with E-state index in [2.05, 4.69) is 11.8 Å². The monoisotopic (exact) mass is 281 g/mol. The first-order valence-corrected chi connectivity index (χ1v) is 8.04. The molecule has 0 aromatic rings. The number of hydrogen-bond donors (Lipinski definition) is 1. The lowest BCUT2D eigenvalue weighted by Crippen LogP contribution is -2.57. The Kier molecular flexibility index (Phi) is 4.17. The summed E-state index contributed by atoms with van der Waals surface area (Å²) >= 11 is 0. The minimum Gasteiger partial charge on any atom is -0.378 e. The van der Waals surface area contributed by atoms with Gasteiger partial charge in [-0.3, -0.25) is 0 Å². The van der Waals surface area contributed by atoms with Crippen molar-refractivity contribution in [1.82, 2.24) is 4.90 Å². The smallest absolute Gasteiger partial charge is 0.191 e. The highest BCUT2D eigenvalue weighted by atomic mass is 16.5. The molecule has 0 bridgehead atoms. The van der Waals surface area contributed by atoms with Crippen molar-refractivity contribution in [2.75, 3.05) is 32.9 Å². The van der Waals surface area contributed by atoms with Gasteiger partial charge in [-0.25, -0.2) is 4.99 Å². The third kappa shape index (κ3) is 2.42. The standard InChI is InChI=1S/C15H27N3O2/c1-2-20-13-11-12(15(13)5-3-4-6-15)17-14(16)18-7-9-19-10-8-18/h12-13H,2-11H2,1H3,(H2,16,17). The molecule has 1 heterocycles. The summed E-state index contributed by atoms with van der Waals surface area (Å²) in [7, 11) is 0. The molecule has 2 N–H and O–H groups in total. The number of rotatable bonds is 3. The van der Waals surface area contributed by atoms with Crippen molar-refractivity contribution >= 4 is 5.96 Å². The van der Waals surface area contributed by atoms with E-state index in [0.29, 0.717) is 18.1 Å². The van der Waals surface area contributed by atoms with E-state index in [1.54, 1.807) is 0 Å². The zero-order chi connectivity index (χ0) is 14.0. The maximum atomic E-state index is 6.21. The number of aliphatic imine (C=N–C) groups is 1. The molecule has 5 nitrogen and oxygen atoms in total. The summed E-state index contributed by atoms with van der Waals surface area (Å²) in [6.45, 7) is 6.14. The van der Waals surface area contributed by atoms with E-state index in [-0.39, 0.29) is 5.41 Å². The van der Waals surface area contributed by atoms with Crippen LogP contribution in [0.3, 0.4) is 0 Å². The molecule has 0 aromatic heterocycles. The van der Waals surface area contributed by atoms with Crippen LogP contribution >= 0.6 is 0 Å². The highest BCUT2D eigenvalue weighted by Crippen LogP contribution is 2.56. The molecule has 2 unspecified atom stereocenters. The number of guanidine groups is 1. The van der Waals surface area contributed by atoms with Crippen molar-refractivity contribution in [3.05, 3.63) is 0 Å². The summed E-state index contributed by atoms with van der Waals surface area (Å²) in [6, 6.07) is 0.365. The first-order chi connectivity index (χ1) is 9.76. The molecule has 5 heteroatoms. The fraction of sp³-hybridized carbons (Fsp3) is 0.933. The Morgan fingerprint density at radius 2 is 2.05 bits per heavy atom. The van der Waals surface area contributed by atoms with Crippen LogP contribution in [-0.4, -0.2) is 55.9 Å². The zero-order valence-electron chi connectivity index (χ0n) is 12.5. The van der Waals surface area contributed by atoms with Crippen molar-refractivity contribution in [2.24, 2.45) is 16.1 Å². The Morgan fingerprint density at radius 3 is 2.70 bits per heavy atom. The van der Waals surface area contributed by atoms with Crippen molar-refractivity contribution in [3.63, 3.8) is 0 Å². The molecular formula is C15H27N3O2. The van der Waals surface area contributed by atoms with Crippen LogP contribution in [-0.2, 0) is 9.47 Å². The van der Waals surface area contributed by atoms with Gasteiger partial charge in [0.05, 0.1) is 25.4 Å². The van der Waals surface area contributed by atoms with Crippen LogP contribution in [0.2, 0.25) is 0 Å². The summed E-state index contributed by atoms with van der Waals surface area (Å²) in [6.07, 6.45) is 6.57. The van der Waals surface area contributed by atoms with Gasteiger partial charge in [-0.05, 0) is 26.2 Å². The largest absolute Gasteiger partial charge is 0.378 e. The van der Waals surface area contributed by atoms with E-state index in [9.17, 15) is 0 Å². The van der Waals surface area contributed by atoms with Gasteiger partial charge in [-0.15, -0.1) is 0 Å². The van der Waals surface area contributed by atoms with Gasteiger partial charge < -0.3 is 20.1 Å². The number of nitrogens with zero attached hydrogens (tertiary/aromatic N) is 2. The van der Waals surface area contributed by atoms with E-state index in [0.717, 1.165) is 39.3 Å². The average Bonchev–Trinajstić information content (AvgIpc) is 2.99. The van der Waals surface area contributed by atoms with Crippen LogP contribution in [0.15, 0.2) is 4.99 Å². The topological polar surface area (TPSA) is 60.1 Å². The molecule has 2 aliphatic carbocycles. The molecule has 1 spiro atoms. The predicted molar refractivity (Wildman–Crippen MR) is 78.7 cm³/mol. The first-order valence-electron chi connectivity index (χ1n) is 8.04. The molecule has 20 heavy (non-hydrogen) atoms. The zero-order valence-corrected chi connectivity index (χ0v) is 12.5. The molecule has 3 fully saturated rings. The van der Waals surface area contributed by atoms with Gasteiger partial charge >= 0.3 is 0 Å². The van der Waals surface area contributed by atoms with E-state index in [1.165, 1.54) is 25.7 Å². The predicted octanol–water partition coefficient (Wildman–Crippen LogP) is 1.37. The molecule has 114 valence electrons. The van der Waals surface area contributed by atoms with Crippen LogP contribution in [0, 0.1) is 5.41 Å². The normalized spacial score (nSPS) is 33.5. The quantitative estimate of drug-likeness (QED) is 0.627. The van der Waals surface area contributed by atoms with Gasteiger partial charge in [0.2, 0.25) is 0 Å². The van der Waals surface area contributed by atoms with Gasteiger partial charge in [0.15, 0.2) is 5.96 Å². The minimum atomic E-state index is 0.285. The fourth-order valence-corrected chi connectivity index (χ4v) is 4.06. The Labute approximate surface area is 121 Å². The SMILES string of the molecule is CCOC1CC(N=C(N)N2CCOCC2)C12CCCC2. The molecule has 0 radical (unpaired) electrons. The second-order valence-corrected chi connectivity index (χ2v) is 6.22. The van der Waals surface area contributed by atoms with E-state index >= 15 is 0 Å². The summed E-state index contributed by atoms with van der Waals surface area (Å²) in [5.74, 6) is 0.708. The second-order valence-electron chi connectivity index (χ2n) is 6.22. The molecule has 0 aromatic carbocycles. The number of morpholine rings is 1. The lowest BCUT2D eigenvalue weighted by atomic mass is 9.61. The van der Waals surface area contributed by atoms with Crippen molar-refractivity contribution < 1.29 is 9.47 Å². The second kappa shape index (κ2) is 5.90. The fourth-order valence-electron chi connectivity index (χ4n) is 4.06. The van der Waals surface area contributed by atoms with Crippen LogP contribution < -0.4 is 5.73 Å². The van der Waals surface area contributed by atoms with Crippen molar-refractivity contribution in [1.29, 1.82) is 0 Å². The Balaban J connectivity index is 1.67. The van der Waals surface area contributed by atoms with Gasteiger partial charge in [-0.2, -0.15) is 0 Å². The molecule has 0 amide bonds. The number of nitrogens with two attached hydrogens (primary N) is 1. The number of ether oxygens (including phenoxy) is 2. The summed E-state index contributed by atoms with van der Waals surface area (Å²) < 4.78 is 11.3. The summed E-state index contributed by atoms with van der Waals surface area (Å²) in [5, 5.41) is 0. The molecule has 3 rings (SSSR count). The first kappa shape index (κ1) is 14.1. The van der Waals surface area contributed by atoms with Crippen LogP contribution in [0.5, 0.6) is 0 Å². The Morgan fingerprint density at radius 1 is 1.35 bits per heavy atom. The highest BCUT2D eigenvalue weighted by molar-refractivity contribution is 5.78. The highest BCUT2D eigenvalue weighted by Gasteiger charge is 2.57. The third-order valence-corrected chi connectivity index (χ3v) is 5.27. The van der Waals surface area contributed by atoms with Crippen molar-refractivity contribution in [2.45, 2.75) is 51.2 Å². The molecule has 2 saturated carbocycles. The summed E-state index contributed by atoms with van der Waals surface area (Å²) in [4.78, 5) is 7.01. The molecular weight excluding hydrogens is 254 g/mol. The summed E-state index contributed by atoms with van der Waals surface area (Å²) in [5.41, 5.74) is 6.49. The molecule has 1 saturated heterocycles. The van der Waals surface area contributed by atoms with Gasteiger partial charge in [0.1, 0.15) is 0 Å². The van der Waals surface area contributed by atoms with Crippen LogP contribution in [0.1, 0.15) is 39.0 Å². The Bertz CT molecular complexity index is 360.